The number of aliphatic hydroxyl groups is 1. The molecule has 0 bridgehead atoms. The van der Waals surface area contributed by atoms with Gasteiger partial charge in [-0.1, -0.05) is 6.07 Å². The number of carbonyl (C=O) groups excluding carboxylic acids is 1. The summed E-state index contributed by atoms with van der Waals surface area (Å²) in [5.41, 5.74) is 6.33. The van der Waals surface area contributed by atoms with Crippen molar-refractivity contribution in [3.05, 3.63) is 42.7 Å². The first-order chi connectivity index (χ1) is 16.0. The first-order valence-corrected chi connectivity index (χ1v) is 10.7. The predicted molar refractivity (Wildman–Crippen MR) is 123 cm³/mol. The minimum Gasteiger partial charge on any atom is -0.493 e. The number of aliphatic hydroxyl groups excluding tert-OH is 1. The summed E-state index contributed by atoms with van der Waals surface area (Å²) in [6.07, 6.45) is 2.86. The molecule has 174 valence electrons. The molecule has 1 aliphatic heterocycles. The number of methoxy groups -OCH3 is 1. The average molecular weight is 453 g/mol. The number of anilines is 1. The van der Waals surface area contributed by atoms with E-state index < -0.39 is 6.03 Å². The van der Waals surface area contributed by atoms with E-state index in [1.807, 2.05) is 0 Å². The molecule has 1 saturated heterocycles. The lowest BCUT2D eigenvalue weighted by Gasteiger charge is -2.16. The maximum Gasteiger partial charge on any atom is 0.316 e. The van der Waals surface area contributed by atoms with E-state index in [9.17, 15) is 9.90 Å². The number of β-amino-alcohol motifs (C(OH)–C–C–N with tert-alkyl or cyclic N) is 1. The molecule has 10 heteroatoms. The molecule has 0 spiro atoms. The van der Waals surface area contributed by atoms with Crippen molar-refractivity contribution >= 4 is 22.6 Å². The average Bonchev–Trinajstić information content (AvgIpc) is 3.21. The number of aromatic nitrogens is 2. The van der Waals surface area contributed by atoms with E-state index in [1.165, 1.54) is 6.33 Å². The maximum atomic E-state index is 11.1. The number of nitrogens with one attached hydrogen (secondary N) is 1. The summed E-state index contributed by atoms with van der Waals surface area (Å²) in [6.45, 7) is 3.03. The van der Waals surface area contributed by atoms with Crippen molar-refractivity contribution < 1.29 is 24.1 Å². The van der Waals surface area contributed by atoms with Gasteiger partial charge in [0.1, 0.15) is 12.1 Å². The van der Waals surface area contributed by atoms with Crippen LogP contribution >= 0.6 is 0 Å². The van der Waals surface area contributed by atoms with Crippen molar-refractivity contribution in [3.8, 4) is 23.1 Å². The molecule has 33 heavy (non-hydrogen) atoms. The van der Waals surface area contributed by atoms with Crippen LogP contribution in [-0.2, 0) is 0 Å². The van der Waals surface area contributed by atoms with Gasteiger partial charge in [0, 0.05) is 37.5 Å². The van der Waals surface area contributed by atoms with Crippen molar-refractivity contribution in [3.63, 3.8) is 0 Å². The zero-order valence-corrected chi connectivity index (χ0v) is 18.4. The Labute approximate surface area is 191 Å². The van der Waals surface area contributed by atoms with Crippen molar-refractivity contribution in [1.29, 1.82) is 0 Å². The van der Waals surface area contributed by atoms with Crippen molar-refractivity contribution in [2.24, 2.45) is 5.73 Å². The Morgan fingerprint density at radius 1 is 1.27 bits per heavy atom. The van der Waals surface area contributed by atoms with E-state index in [1.54, 1.807) is 43.5 Å². The van der Waals surface area contributed by atoms with Gasteiger partial charge in [0.15, 0.2) is 11.5 Å². The highest BCUT2D eigenvalue weighted by molar-refractivity contribution is 5.88. The Hall–Kier alpha value is -3.63. The van der Waals surface area contributed by atoms with Crippen molar-refractivity contribution in [1.82, 2.24) is 14.9 Å². The second-order valence-corrected chi connectivity index (χ2v) is 7.76. The lowest BCUT2D eigenvalue weighted by atomic mass is 10.2. The van der Waals surface area contributed by atoms with E-state index in [2.05, 4.69) is 20.2 Å². The number of nitrogens with two attached hydrogens (primary N) is 1. The summed E-state index contributed by atoms with van der Waals surface area (Å²) < 4.78 is 17.4. The van der Waals surface area contributed by atoms with Crippen LogP contribution in [0, 0.1) is 0 Å². The van der Waals surface area contributed by atoms with Crippen molar-refractivity contribution in [2.45, 2.75) is 18.9 Å². The number of hydrogen-bond donors (Lipinski definition) is 3. The molecule has 1 aromatic heterocycles. The molecule has 2 heterocycles. The third-order valence-corrected chi connectivity index (χ3v) is 5.32. The van der Waals surface area contributed by atoms with Gasteiger partial charge in [0.25, 0.3) is 0 Å². The maximum absolute atomic E-state index is 11.1. The zero-order chi connectivity index (χ0) is 23.2. The lowest BCUT2D eigenvalue weighted by molar-refractivity contribution is 0.172. The molecule has 1 atom stereocenters. The van der Waals surface area contributed by atoms with Crippen LogP contribution in [0.15, 0.2) is 42.7 Å². The van der Waals surface area contributed by atoms with Crippen LogP contribution in [0.2, 0.25) is 0 Å². The van der Waals surface area contributed by atoms with E-state index in [4.69, 9.17) is 19.9 Å². The van der Waals surface area contributed by atoms with Crippen LogP contribution in [0.1, 0.15) is 12.8 Å². The number of likely N-dealkylation sites (tertiary alicyclic amines) is 1. The summed E-state index contributed by atoms with van der Waals surface area (Å²) in [5, 5.41) is 12.8. The number of urea groups is 1. The molecule has 2 amide bonds. The molecule has 3 aromatic rings. The number of hydrogen-bond acceptors (Lipinski definition) is 8. The number of ether oxygens (including phenoxy) is 3. The van der Waals surface area contributed by atoms with Crippen LogP contribution in [0.25, 0.3) is 10.9 Å². The fraction of sp³-hybridized carbons (Fsp3) is 0.348. The molecule has 4 rings (SSSR count). The SMILES string of the molecule is COc1cc2c(Oc3cccc(NC(N)=O)c3)ncnc2cc1OCCCN1CCC(O)C1. The normalized spacial score (nSPS) is 16.0. The minimum atomic E-state index is -0.657. The molecule has 0 aliphatic carbocycles. The van der Waals surface area contributed by atoms with Crippen LogP contribution in [-0.4, -0.2) is 65.5 Å². The second kappa shape index (κ2) is 10.3. The van der Waals surface area contributed by atoms with Crippen LogP contribution < -0.4 is 25.3 Å². The fourth-order valence-corrected chi connectivity index (χ4v) is 3.77. The lowest BCUT2D eigenvalue weighted by Crippen LogP contribution is -2.24. The van der Waals surface area contributed by atoms with Gasteiger partial charge in [-0.05, 0) is 31.0 Å². The number of carbonyl (C=O) groups is 1. The molecular weight excluding hydrogens is 426 g/mol. The topological polar surface area (TPSA) is 132 Å². The molecule has 2 aromatic carbocycles. The third kappa shape index (κ3) is 5.79. The molecule has 4 N–H and O–H groups in total. The molecule has 1 fully saturated rings. The highest BCUT2D eigenvalue weighted by Gasteiger charge is 2.19. The first kappa shape index (κ1) is 22.6. The standard InChI is InChI=1S/C23H27N5O5/c1-31-20-11-18-19(12-21(20)32-9-3-7-28-8-6-16(29)13-28)25-14-26-22(18)33-17-5-2-4-15(10-17)27-23(24)30/h2,4-5,10-12,14,16,29H,3,6-9,13H2,1H3,(H3,24,27,30). The van der Waals surface area contributed by atoms with Gasteiger partial charge in [-0.25, -0.2) is 14.8 Å². The Morgan fingerprint density at radius 2 is 2.15 bits per heavy atom. The quantitative estimate of drug-likeness (QED) is 0.422. The van der Waals surface area contributed by atoms with E-state index in [0.29, 0.717) is 46.3 Å². The summed E-state index contributed by atoms with van der Waals surface area (Å²) in [6, 6.07) is 9.75. The fourth-order valence-electron chi connectivity index (χ4n) is 3.77. The van der Waals surface area contributed by atoms with Gasteiger partial charge in [-0.3, -0.25) is 0 Å². The molecule has 1 unspecified atom stereocenters. The second-order valence-electron chi connectivity index (χ2n) is 7.76. The van der Waals surface area contributed by atoms with Gasteiger partial charge in [0.2, 0.25) is 5.88 Å². The highest BCUT2D eigenvalue weighted by atomic mass is 16.5. The van der Waals surface area contributed by atoms with E-state index >= 15 is 0 Å². The van der Waals surface area contributed by atoms with Crippen LogP contribution in [0.5, 0.6) is 23.1 Å². The van der Waals surface area contributed by atoms with Gasteiger partial charge >= 0.3 is 6.03 Å². The Kier molecular flexibility index (Phi) is 7.06. The predicted octanol–water partition coefficient (Wildman–Crippen LogP) is 2.76. The highest BCUT2D eigenvalue weighted by Crippen LogP contribution is 2.36. The molecule has 0 saturated carbocycles. The number of nitrogens with zero attached hydrogens (tertiary/aromatic N) is 3. The minimum absolute atomic E-state index is 0.218. The zero-order valence-electron chi connectivity index (χ0n) is 18.4. The summed E-state index contributed by atoms with van der Waals surface area (Å²) in [5.74, 6) is 1.95. The van der Waals surface area contributed by atoms with Crippen LogP contribution in [0.4, 0.5) is 10.5 Å². The van der Waals surface area contributed by atoms with Gasteiger partial charge < -0.3 is 35.3 Å². The summed E-state index contributed by atoms with van der Waals surface area (Å²) in [7, 11) is 1.57. The van der Waals surface area contributed by atoms with Crippen LogP contribution in [0.3, 0.4) is 0 Å². The molecule has 0 radical (unpaired) electrons. The van der Waals surface area contributed by atoms with Gasteiger partial charge in [-0.15, -0.1) is 0 Å². The van der Waals surface area contributed by atoms with Gasteiger partial charge in [-0.2, -0.15) is 0 Å². The number of rotatable bonds is 9. The Morgan fingerprint density at radius 3 is 2.91 bits per heavy atom. The number of fused-ring (bicyclic) bond motifs is 1. The smallest absolute Gasteiger partial charge is 0.316 e. The summed E-state index contributed by atoms with van der Waals surface area (Å²) >= 11 is 0. The first-order valence-electron chi connectivity index (χ1n) is 10.7. The number of benzene rings is 2. The Balaban J connectivity index is 1.48. The molecule has 1 aliphatic rings. The molecule has 10 nitrogen and oxygen atoms in total. The largest absolute Gasteiger partial charge is 0.493 e. The Bertz CT molecular complexity index is 1130. The number of amides is 2. The number of primary amides is 1. The third-order valence-electron chi connectivity index (χ3n) is 5.32. The molecular formula is C23H27N5O5. The van der Waals surface area contributed by atoms with Gasteiger partial charge in [0.05, 0.1) is 30.7 Å². The monoisotopic (exact) mass is 453 g/mol. The van der Waals surface area contributed by atoms with E-state index in [-0.39, 0.29) is 6.10 Å². The summed E-state index contributed by atoms with van der Waals surface area (Å²) in [4.78, 5) is 21.9. The van der Waals surface area contributed by atoms with Crippen molar-refractivity contribution in [2.75, 3.05) is 38.7 Å². The van der Waals surface area contributed by atoms with E-state index in [0.717, 1.165) is 32.5 Å².